The fourth-order valence-electron chi connectivity index (χ4n) is 2.76. The number of nitrogens with zero attached hydrogens (tertiary/aromatic N) is 2. The number of thioether (sulfide) groups is 1. The van der Waals surface area contributed by atoms with Crippen molar-refractivity contribution in [3.8, 4) is 0 Å². The van der Waals surface area contributed by atoms with E-state index in [9.17, 15) is 14.9 Å². The summed E-state index contributed by atoms with van der Waals surface area (Å²) in [6, 6.07) is 12.5. The molecular weight excluding hydrogens is 394 g/mol. The van der Waals surface area contributed by atoms with E-state index in [2.05, 4.69) is 24.1 Å². The summed E-state index contributed by atoms with van der Waals surface area (Å²) in [4.78, 5) is 27.7. The van der Waals surface area contributed by atoms with Crippen LogP contribution in [0.1, 0.15) is 38.7 Å². The molecule has 2 aromatic carbocycles. The Morgan fingerprint density at radius 3 is 2.75 bits per heavy atom. The number of carbonyl (C=O) groups excluding carboxylic acids is 1. The molecule has 3 aromatic rings. The lowest BCUT2D eigenvalue weighted by Gasteiger charge is -2.17. The lowest BCUT2D eigenvalue weighted by molar-refractivity contribution is -0.384. The minimum Gasteiger partial charge on any atom is -0.325 e. The van der Waals surface area contributed by atoms with E-state index in [1.165, 1.54) is 35.2 Å². The normalized spacial score (nSPS) is 13.2. The molecule has 3 rings (SSSR count). The zero-order valence-corrected chi connectivity index (χ0v) is 17.5. The van der Waals surface area contributed by atoms with Crippen LogP contribution in [0.25, 0.3) is 10.2 Å². The molecule has 0 radical (unpaired) electrons. The summed E-state index contributed by atoms with van der Waals surface area (Å²) in [5, 5.41) is 13.6. The number of anilines is 1. The van der Waals surface area contributed by atoms with E-state index in [0.29, 0.717) is 15.8 Å². The van der Waals surface area contributed by atoms with Crippen molar-refractivity contribution in [2.24, 2.45) is 0 Å². The number of amides is 1. The molecular formula is C20H21N3O3S2. The summed E-state index contributed by atoms with van der Waals surface area (Å²) in [5.74, 6) is 0.269. The number of nitro groups is 1. The number of rotatable bonds is 7. The Kier molecular flexibility index (Phi) is 6.31. The van der Waals surface area contributed by atoms with Gasteiger partial charge in [-0.25, -0.2) is 4.98 Å². The Balaban J connectivity index is 1.73. The van der Waals surface area contributed by atoms with Crippen LogP contribution in [-0.2, 0) is 4.79 Å². The predicted octanol–water partition coefficient (Wildman–Crippen LogP) is 5.84. The van der Waals surface area contributed by atoms with Crippen molar-refractivity contribution in [1.82, 2.24) is 4.98 Å². The number of aromatic nitrogens is 1. The summed E-state index contributed by atoms with van der Waals surface area (Å²) in [6.45, 7) is 6.10. The molecule has 28 heavy (non-hydrogen) atoms. The molecule has 0 fully saturated rings. The molecule has 0 spiro atoms. The lowest BCUT2D eigenvalue weighted by atomic mass is 9.97. The molecule has 0 aliphatic heterocycles. The Morgan fingerprint density at radius 1 is 1.29 bits per heavy atom. The maximum absolute atomic E-state index is 12.7. The third-order valence-corrected chi connectivity index (χ3v) is 6.78. The number of thiazole rings is 1. The van der Waals surface area contributed by atoms with Crippen LogP contribution in [0.5, 0.6) is 0 Å². The van der Waals surface area contributed by atoms with Crippen LogP contribution in [0.15, 0.2) is 46.8 Å². The van der Waals surface area contributed by atoms with Crippen molar-refractivity contribution in [3.05, 3.63) is 58.1 Å². The average molecular weight is 416 g/mol. The van der Waals surface area contributed by atoms with E-state index in [-0.39, 0.29) is 16.8 Å². The molecule has 1 N–H and O–H groups in total. The Hall–Kier alpha value is -2.45. The first-order valence-corrected chi connectivity index (χ1v) is 10.7. The number of hydrogen-bond acceptors (Lipinski definition) is 6. The maximum Gasteiger partial charge on any atom is 0.270 e. The van der Waals surface area contributed by atoms with E-state index < -0.39 is 4.92 Å². The first kappa shape index (κ1) is 20.3. The van der Waals surface area contributed by atoms with Crippen LogP contribution >= 0.6 is 23.1 Å². The lowest BCUT2D eigenvalue weighted by Crippen LogP contribution is -2.23. The van der Waals surface area contributed by atoms with Crippen LogP contribution in [0.4, 0.5) is 11.4 Å². The molecule has 1 heterocycles. The molecule has 0 aliphatic rings. The fourth-order valence-corrected chi connectivity index (χ4v) is 5.00. The van der Waals surface area contributed by atoms with Crippen LogP contribution < -0.4 is 5.32 Å². The minimum atomic E-state index is -0.420. The van der Waals surface area contributed by atoms with Gasteiger partial charge in [-0.15, -0.1) is 11.3 Å². The second-order valence-electron chi connectivity index (χ2n) is 6.53. The number of benzene rings is 2. The number of para-hydroxylation sites is 1. The quantitative estimate of drug-likeness (QED) is 0.298. The van der Waals surface area contributed by atoms with Gasteiger partial charge in [0.25, 0.3) is 5.69 Å². The van der Waals surface area contributed by atoms with Gasteiger partial charge in [0.2, 0.25) is 5.91 Å². The Morgan fingerprint density at radius 2 is 2.04 bits per heavy atom. The van der Waals surface area contributed by atoms with E-state index in [4.69, 9.17) is 0 Å². The maximum atomic E-state index is 12.7. The number of hydrogen-bond donors (Lipinski definition) is 1. The molecule has 0 saturated heterocycles. The summed E-state index contributed by atoms with van der Waals surface area (Å²) in [5.41, 5.74) is 2.71. The van der Waals surface area contributed by atoms with Gasteiger partial charge in [0, 0.05) is 17.8 Å². The highest BCUT2D eigenvalue weighted by molar-refractivity contribution is 8.02. The van der Waals surface area contributed by atoms with Crippen molar-refractivity contribution in [1.29, 1.82) is 0 Å². The van der Waals surface area contributed by atoms with Gasteiger partial charge in [-0.2, -0.15) is 0 Å². The zero-order chi connectivity index (χ0) is 20.3. The second-order valence-corrected chi connectivity index (χ2v) is 9.15. The fraction of sp³-hybridized carbons (Fsp3) is 0.300. The largest absolute Gasteiger partial charge is 0.325 e. The monoisotopic (exact) mass is 415 g/mol. The average Bonchev–Trinajstić information content (AvgIpc) is 3.08. The molecule has 0 unspecified atom stereocenters. The third-order valence-electron chi connectivity index (χ3n) is 4.57. The number of nitro benzene ring substituents is 1. The van der Waals surface area contributed by atoms with Crippen molar-refractivity contribution in [2.75, 3.05) is 5.32 Å². The van der Waals surface area contributed by atoms with Crippen molar-refractivity contribution in [2.45, 2.75) is 42.7 Å². The standard InChI is InChI=1S/C20H21N3O3S2/c1-4-12(2)15-7-5-6-8-16(15)21-19(24)13(3)27-20-22-17-10-9-14(23(25)26)11-18(17)28-20/h5-13H,4H2,1-3H3,(H,21,24)/t12-,13-/m1/s1. The summed E-state index contributed by atoms with van der Waals surface area (Å²) >= 11 is 2.72. The van der Waals surface area contributed by atoms with Gasteiger partial charge in [-0.1, -0.05) is 43.8 Å². The third kappa shape index (κ3) is 4.51. The van der Waals surface area contributed by atoms with Gasteiger partial charge in [0.15, 0.2) is 4.34 Å². The first-order valence-electron chi connectivity index (χ1n) is 9.00. The number of nitrogens with one attached hydrogen (secondary N) is 1. The molecule has 0 aliphatic carbocycles. The smallest absolute Gasteiger partial charge is 0.270 e. The van der Waals surface area contributed by atoms with Gasteiger partial charge in [-0.05, 0) is 37.0 Å². The molecule has 0 bridgehead atoms. The molecule has 146 valence electrons. The van der Waals surface area contributed by atoms with E-state index in [0.717, 1.165) is 22.4 Å². The number of non-ortho nitro benzene ring substituents is 1. The molecule has 0 saturated carbocycles. The summed E-state index contributed by atoms with van der Waals surface area (Å²) in [6.07, 6.45) is 0.995. The van der Waals surface area contributed by atoms with Gasteiger partial charge < -0.3 is 5.32 Å². The molecule has 1 amide bonds. The minimum absolute atomic E-state index is 0.0418. The van der Waals surface area contributed by atoms with E-state index in [1.54, 1.807) is 6.07 Å². The molecule has 1 aromatic heterocycles. The van der Waals surface area contributed by atoms with Crippen LogP contribution in [0.2, 0.25) is 0 Å². The predicted molar refractivity (Wildman–Crippen MR) is 115 cm³/mol. The number of fused-ring (bicyclic) bond motifs is 1. The van der Waals surface area contributed by atoms with Gasteiger partial charge in [-0.3, -0.25) is 14.9 Å². The summed E-state index contributed by atoms with van der Waals surface area (Å²) in [7, 11) is 0. The van der Waals surface area contributed by atoms with Crippen molar-refractivity contribution >= 4 is 50.6 Å². The molecule has 6 nitrogen and oxygen atoms in total. The van der Waals surface area contributed by atoms with Crippen molar-refractivity contribution < 1.29 is 9.72 Å². The topological polar surface area (TPSA) is 85.1 Å². The second kappa shape index (κ2) is 8.70. The Labute approximate surface area is 171 Å². The Bertz CT molecular complexity index is 1020. The van der Waals surface area contributed by atoms with Crippen molar-refractivity contribution in [3.63, 3.8) is 0 Å². The van der Waals surface area contributed by atoms with Crippen LogP contribution in [0.3, 0.4) is 0 Å². The highest BCUT2D eigenvalue weighted by Gasteiger charge is 2.19. The zero-order valence-electron chi connectivity index (χ0n) is 15.8. The van der Waals surface area contributed by atoms with Crippen LogP contribution in [-0.4, -0.2) is 21.1 Å². The first-order chi connectivity index (χ1) is 13.4. The van der Waals surface area contributed by atoms with E-state index in [1.807, 2.05) is 31.2 Å². The van der Waals surface area contributed by atoms with Crippen LogP contribution in [0, 0.1) is 10.1 Å². The van der Waals surface area contributed by atoms with E-state index >= 15 is 0 Å². The van der Waals surface area contributed by atoms with Gasteiger partial charge in [0.05, 0.1) is 20.4 Å². The SMILES string of the molecule is CC[C@@H](C)c1ccccc1NC(=O)[C@@H](C)Sc1nc2ccc([N+](=O)[O-])cc2s1. The molecule has 2 atom stereocenters. The summed E-state index contributed by atoms with van der Waals surface area (Å²) < 4.78 is 1.46. The van der Waals surface area contributed by atoms with Gasteiger partial charge in [0.1, 0.15) is 0 Å². The van der Waals surface area contributed by atoms with Gasteiger partial charge >= 0.3 is 0 Å². The highest BCUT2D eigenvalue weighted by atomic mass is 32.2. The molecule has 8 heteroatoms. The number of carbonyl (C=O) groups is 1. The highest BCUT2D eigenvalue weighted by Crippen LogP contribution is 2.34.